The molecule has 4 rings (SSSR count). The Bertz CT molecular complexity index is 1160. The van der Waals surface area contributed by atoms with Crippen molar-refractivity contribution in [2.75, 3.05) is 60.7 Å². The second-order valence-corrected chi connectivity index (χ2v) is 11.0. The summed E-state index contributed by atoms with van der Waals surface area (Å²) in [6.45, 7) is 5.06. The number of nitrogens with zero attached hydrogens (tertiary/aromatic N) is 5. The van der Waals surface area contributed by atoms with Gasteiger partial charge in [-0.1, -0.05) is 13.3 Å². The summed E-state index contributed by atoms with van der Waals surface area (Å²) >= 11 is 0. The molecule has 0 radical (unpaired) electrons. The van der Waals surface area contributed by atoms with E-state index in [0.29, 0.717) is 55.5 Å². The number of carboxylic acids is 1. The number of unbranched alkanes of at least 4 members (excludes halogenated alkanes) is 1. The Kier molecular flexibility index (Phi) is 10.8. The number of likely N-dealkylation sites (tertiary alicyclic amines) is 1. The first kappa shape index (κ1) is 30.5. The molecule has 3 heterocycles. The number of aromatic nitrogens is 2. The van der Waals surface area contributed by atoms with Crippen molar-refractivity contribution in [1.82, 2.24) is 24.7 Å². The lowest BCUT2D eigenvalue weighted by atomic mass is 9.83. The molecule has 0 bridgehead atoms. The molecule has 1 aromatic carbocycles. The predicted octanol–water partition coefficient (Wildman–Crippen LogP) is 2.90. The Balaban J connectivity index is 1.61. The maximum Gasteiger partial charge on any atom is 0.308 e. The van der Waals surface area contributed by atoms with Gasteiger partial charge in [-0.15, -0.1) is 0 Å². The van der Waals surface area contributed by atoms with Crippen molar-refractivity contribution in [3.05, 3.63) is 42.0 Å². The summed E-state index contributed by atoms with van der Waals surface area (Å²) < 4.78 is 16.8. The van der Waals surface area contributed by atoms with Crippen LogP contribution in [-0.4, -0.2) is 108 Å². The fraction of sp³-hybridized carbons (Fsp3) is 0.600. The number of hydrogen-bond acceptors (Lipinski definition) is 9. The molecule has 1 fully saturated rings. The smallest absolute Gasteiger partial charge is 0.308 e. The number of amides is 1. The van der Waals surface area contributed by atoms with Crippen molar-refractivity contribution in [2.45, 2.75) is 51.0 Å². The van der Waals surface area contributed by atoms with Gasteiger partial charge in [0.05, 0.1) is 19.6 Å². The fourth-order valence-electron chi connectivity index (χ4n) is 5.85. The molecule has 11 heteroatoms. The van der Waals surface area contributed by atoms with Gasteiger partial charge in [0, 0.05) is 50.4 Å². The van der Waals surface area contributed by atoms with E-state index in [2.05, 4.69) is 26.7 Å². The van der Waals surface area contributed by atoms with Crippen LogP contribution in [-0.2, 0) is 16.0 Å². The summed E-state index contributed by atoms with van der Waals surface area (Å²) in [5.74, 6) is 0.256. The third kappa shape index (κ3) is 7.65. The minimum Gasteiger partial charge on any atom is -0.493 e. The molecule has 2 aromatic rings. The van der Waals surface area contributed by atoms with Gasteiger partial charge in [0.25, 0.3) is 0 Å². The highest BCUT2D eigenvalue weighted by Gasteiger charge is 2.47. The summed E-state index contributed by atoms with van der Waals surface area (Å²) in [5, 5.41) is 10.5. The summed E-state index contributed by atoms with van der Waals surface area (Å²) in [6, 6.07) is 5.07. The highest BCUT2D eigenvalue weighted by molar-refractivity contribution is 5.79. The first-order chi connectivity index (χ1) is 19.8. The third-order valence-corrected chi connectivity index (χ3v) is 7.93. The molecule has 1 saturated heterocycles. The van der Waals surface area contributed by atoms with Crippen LogP contribution in [0.5, 0.6) is 17.2 Å². The average molecular weight is 570 g/mol. The van der Waals surface area contributed by atoms with E-state index in [1.165, 1.54) is 0 Å². The second-order valence-electron chi connectivity index (χ2n) is 11.0. The molecule has 11 nitrogen and oxygen atoms in total. The SMILES string of the molecule is CCCCN(CCCN(C)C)C(=O)CN1CC(c2cc(OC)c3c(c2)OCO3)C(C(=O)O)C1CCc1ncccn1. The summed E-state index contributed by atoms with van der Waals surface area (Å²) in [5.41, 5.74) is 0.795. The third-order valence-electron chi connectivity index (χ3n) is 7.93. The maximum absolute atomic E-state index is 13.7. The number of carbonyl (C=O) groups is 2. The van der Waals surface area contributed by atoms with Gasteiger partial charge in [-0.3, -0.25) is 14.5 Å². The van der Waals surface area contributed by atoms with Crippen molar-refractivity contribution in [1.29, 1.82) is 0 Å². The van der Waals surface area contributed by atoms with Crippen molar-refractivity contribution < 1.29 is 28.9 Å². The van der Waals surface area contributed by atoms with E-state index in [-0.39, 0.29) is 31.2 Å². The molecule has 2 aliphatic heterocycles. The van der Waals surface area contributed by atoms with Crippen LogP contribution >= 0.6 is 0 Å². The normalized spacial score (nSPS) is 20.0. The van der Waals surface area contributed by atoms with Crippen molar-refractivity contribution in [2.24, 2.45) is 5.92 Å². The van der Waals surface area contributed by atoms with Gasteiger partial charge in [-0.2, -0.15) is 0 Å². The van der Waals surface area contributed by atoms with Crippen molar-refractivity contribution in [3.8, 4) is 17.2 Å². The summed E-state index contributed by atoms with van der Waals surface area (Å²) in [4.78, 5) is 41.4. The largest absolute Gasteiger partial charge is 0.493 e. The first-order valence-corrected chi connectivity index (χ1v) is 14.4. The molecule has 224 valence electrons. The number of benzene rings is 1. The van der Waals surface area contributed by atoms with E-state index in [1.807, 2.05) is 31.1 Å². The number of aryl methyl sites for hydroxylation is 1. The van der Waals surface area contributed by atoms with Gasteiger partial charge in [-0.25, -0.2) is 9.97 Å². The van der Waals surface area contributed by atoms with E-state index in [9.17, 15) is 14.7 Å². The molecule has 2 aliphatic rings. The van der Waals surface area contributed by atoms with E-state index in [0.717, 1.165) is 31.4 Å². The Hall–Kier alpha value is -3.44. The Morgan fingerprint density at radius 3 is 2.56 bits per heavy atom. The molecular formula is C30H43N5O6. The highest BCUT2D eigenvalue weighted by Crippen LogP contribution is 2.47. The van der Waals surface area contributed by atoms with Crippen LogP contribution in [0.4, 0.5) is 0 Å². The van der Waals surface area contributed by atoms with Gasteiger partial charge in [0.15, 0.2) is 11.5 Å². The summed E-state index contributed by atoms with van der Waals surface area (Å²) in [6.07, 6.45) is 7.22. The van der Waals surface area contributed by atoms with Crippen LogP contribution in [0, 0.1) is 5.92 Å². The fourth-order valence-corrected chi connectivity index (χ4v) is 5.85. The minimum absolute atomic E-state index is 0.0335. The van der Waals surface area contributed by atoms with Crippen molar-refractivity contribution in [3.63, 3.8) is 0 Å². The molecule has 3 atom stereocenters. The van der Waals surface area contributed by atoms with E-state index in [1.54, 1.807) is 25.6 Å². The quantitative estimate of drug-likeness (QED) is 0.343. The Morgan fingerprint density at radius 1 is 1.12 bits per heavy atom. The number of fused-ring (bicyclic) bond motifs is 1. The molecular weight excluding hydrogens is 526 g/mol. The Labute approximate surface area is 242 Å². The minimum atomic E-state index is -0.894. The van der Waals surface area contributed by atoms with E-state index < -0.39 is 11.9 Å². The summed E-state index contributed by atoms with van der Waals surface area (Å²) in [7, 11) is 5.61. The number of rotatable bonds is 15. The number of hydrogen-bond donors (Lipinski definition) is 1. The molecule has 1 N–H and O–H groups in total. The van der Waals surface area contributed by atoms with Gasteiger partial charge in [0.1, 0.15) is 5.82 Å². The molecule has 3 unspecified atom stereocenters. The molecule has 41 heavy (non-hydrogen) atoms. The van der Waals surface area contributed by atoms with E-state index >= 15 is 0 Å². The molecule has 0 spiro atoms. The maximum atomic E-state index is 13.7. The molecule has 1 amide bonds. The van der Waals surface area contributed by atoms with Crippen LogP contribution in [0.25, 0.3) is 0 Å². The number of carbonyl (C=O) groups excluding carboxylic acids is 1. The number of ether oxygens (including phenoxy) is 3. The van der Waals surface area contributed by atoms with E-state index in [4.69, 9.17) is 14.2 Å². The predicted molar refractivity (Wildman–Crippen MR) is 153 cm³/mol. The average Bonchev–Trinajstić information content (AvgIpc) is 3.58. The lowest BCUT2D eigenvalue weighted by Gasteiger charge is -2.30. The van der Waals surface area contributed by atoms with Gasteiger partial charge < -0.3 is 29.1 Å². The number of methoxy groups -OCH3 is 1. The zero-order valence-corrected chi connectivity index (χ0v) is 24.6. The molecule has 1 aromatic heterocycles. The number of aliphatic carboxylic acids is 1. The zero-order chi connectivity index (χ0) is 29.4. The highest BCUT2D eigenvalue weighted by atomic mass is 16.7. The monoisotopic (exact) mass is 569 g/mol. The topological polar surface area (TPSA) is 118 Å². The Morgan fingerprint density at radius 2 is 1.88 bits per heavy atom. The second kappa shape index (κ2) is 14.5. The van der Waals surface area contributed by atoms with Gasteiger partial charge in [-0.05, 0) is 63.7 Å². The lowest BCUT2D eigenvalue weighted by molar-refractivity contribution is -0.143. The molecule has 0 saturated carbocycles. The van der Waals surface area contributed by atoms with Gasteiger partial charge >= 0.3 is 5.97 Å². The standard InChI is InChI=1S/C30H43N5O6/c1-5-6-14-34(15-8-13-33(2)3)27(36)19-35-18-22(21-16-24(39-4)29-25(17-21)40-20-41-29)28(30(37)38)23(35)9-10-26-31-11-7-12-32-26/h7,11-12,16-17,22-23,28H,5-6,8-10,13-15,18-20H2,1-4H3,(H,37,38). The molecule has 0 aliphatic carbocycles. The van der Waals surface area contributed by atoms with Crippen LogP contribution in [0.1, 0.15) is 49.9 Å². The van der Waals surface area contributed by atoms with Gasteiger partial charge in [0.2, 0.25) is 18.4 Å². The van der Waals surface area contributed by atoms with Crippen LogP contribution in [0.15, 0.2) is 30.6 Å². The first-order valence-electron chi connectivity index (χ1n) is 14.4. The van der Waals surface area contributed by atoms with Crippen molar-refractivity contribution >= 4 is 11.9 Å². The zero-order valence-electron chi connectivity index (χ0n) is 24.6. The van der Waals surface area contributed by atoms with Crippen LogP contribution in [0.2, 0.25) is 0 Å². The van der Waals surface area contributed by atoms with Crippen LogP contribution in [0.3, 0.4) is 0 Å². The lowest BCUT2D eigenvalue weighted by Crippen LogP contribution is -2.45. The van der Waals surface area contributed by atoms with Crippen LogP contribution < -0.4 is 14.2 Å². The number of carboxylic acid groups (broad SMARTS) is 1.